The van der Waals surface area contributed by atoms with Crippen molar-refractivity contribution in [3.63, 3.8) is 0 Å². The van der Waals surface area contributed by atoms with Crippen LogP contribution in [0.1, 0.15) is 12.1 Å². The van der Waals surface area contributed by atoms with E-state index in [9.17, 15) is 4.79 Å². The number of aromatic nitrogens is 1. The van der Waals surface area contributed by atoms with Gasteiger partial charge in [-0.25, -0.2) is 4.98 Å². The van der Waals surface area contributed by atoms with Crippen molar-refractivity contribution >= 4 is 27.7 Å². The summed E-state index contributed by atoms with van der Waals surface area (Å²) in [7, 11) is 0. The van der Waals surface area contributed by atoms with Crippen molar-refractivity contribution in [3.8, 4) is 12.3 Å². The Hall–Kier alpha value is -1.34. The fourth-order valence-corrected chi connectivity index (χ4v) is 1.11. The van der Waals surface area contributed by atoms with Crippen molar-refractivity contribution in [2.45, 2.75) is 13.3 Å². The van der Waals surface area contributed by atoms with Gasteiger partial charge in [-0.2, -0.15) is 0 Å². The molecule has 1 amide bonds. The number of nitrogens with zero attached hydrogens (tertiary/aromatic N) is 1. The summed E-state index contributed by atoms with van der Waals surface area (Å²) in [6, 6.07) is 3.54. The Kier molecular flexibility index (Phi) is 3.66. The van der Waals surface area contributed by atoms with Crippen LogP contribution in [0.5, 0.6) is 0 Å². The van der Waals surface area contributed by atoms with Gasteiger partial charge in [-0.05, 0) is 35.0 Å². The Labute approximate surface area is 91.1 Å². The van der Waals surface area contributed by atoms with Crippen LogP contribution in [0.15, 0.2) is 16.6 Å². The lowest BCUT2D eigenvalue weighted by Gasteiger charge is -2.03. The molecule has 0 spiro atoms. The molecule has 14 heavy (non-hydrogen) atoms. The second kappa shape index (κ2) is 4.77. The summed E-state index contributed by atoms with van der Waals surface area (Å²) in [5.74, 6) is 2.56. The first-order valence-electron chi connectivity index (χ1n) is 4.00. The lowest BCUT2D eigenvalue weighted by molar-refractivity contribution is -0.115. The first-order valence-corrected chi connectivity index (χ1v) is 4.79. The standard InChI is InChI=1S/C10H9BrN2O/c1-3-4-10(14)13-9-6-5-8(11)7(2)12-9/h1,5-6H,4H2,2H3,(H,12,13,14). The number of terminal acetylenes is 1. The quantitative estimate of drug-likeness (QED) is 0.820. The Morgan fingerprint density at radius 1 is 1.71 bits per heavy atom. The molecule has 0 fully saturated rings. The van der Waals surface area contributed by atoms with Crippen LogP contribution < -0.4 is 5.32 Å². The summed E-state index contributed by atoms with van der Waals surface area (Å²) in [6.07, 6.45) is 5.06. The molecule has 0 bridgehead atoms. The van der Waals surface area contributed by atoms with E-state index in [-0.39, 0.29) is 12.3 Å². The second-order valence-electron chi connectivity index (χ2n) is 2.69. The summed E-state index contributed by atoms with van der Waals surface area (Å²) in [5, 5.41) is 2.60. The third-order valence-electron chi connectivity index (χ3n) is 1.55. The molecule has 0 atom stereocenters. The number of amides is 1. The van der Waals surface area contributed by atoms with E-state index >= 15 is 0 Å². The van der Waals surface area contributed by atoms with Crippen LogP contribution in [-0.2, 0) is 4.79 Å². The van der Waals surface area contributed by atoms with Crippen LogP contribution in [-0.4, -0.2) is 10.9 Å². The molecular weight excluding hydrogens is 244 g/mol. The van der Waals surface area contributed by atoms with Crippen LogP contribution in [0, 0.1) is 19.3 Å². The molecule has 3 nitrogen and oxygen atoms in total. The molecule has 1 aromatic heterocycles. The normalized spacial score (nSPS) is 9.21. The minimum atomic E-state index is -0.221. The van der Waals surface area contributed by atoms with Gasteiger partial charge in [0.05, 0.1) is 12.1 Å². The largest absolute Gasteiger partial charge is 0.310 e. The van der Waals surface area contributed by atoms with Crippen LogP contribution in [0.25, 0.3) is 0 Å². The maximum Gasteiger partial charge on any atom is 0.237 e. The minimum absolute atomic E-state index is 0.0663. The maximum absolute atomic E-state index is 11.1. The van der Waals surface area contributed by atoms with Crippen LogP contribution in [0.4, 0.5) is 5.82 Å². The van der Waals surface area contributed by atoms with E-state index in [2.05, 4.69) is 32.2 Å². The Morgan fingerprint density at radius 3 is 3.00 bits per heavy atom. The first-order chi connectivity index (χ1) is 6.63. The molecule has 0 saturated heterocycles. The van der Waals surface area contributed by atoms with Gasteiger partial charge in [0, 0.05) is 4.47 Å². The molecule has 0 aliphatic carbocycles. The van der Waals surface area contributed by atoms with Crippen molar-refractivity contribution in [2.24, 2.45) is 0 Å². The molecule has 72 valence electrons. The second-order valence-corrected chi connectivity index (χ2v) is 3.55. The highest BCUT2D eigenvalue weighted by Crippen LogP contribution is 2.16. The Balaban J connectivity index is 2.74. The number of hydrogen-bond acceptors (Lipinski definition) is 2. The lowest BCUT2D eigenvalue weighted by atomic mass is 10.3. The molecule has 1 rings (SSSR count). The van der Waals surface area contributed by atoms with Gasteiger partial charge in [-0.1, -0.05) is 5.92 Å². The SMILES string of the molecule is C#CCC(=O)Nc1ccc(Br)c(C)n1. The van der Waals surface area contributed by atoms with Gasteiger partial charge in [0.2, 0.25) is 5.91 Å². The van der Waals surface area contributed by atoms with Crippen LogP contribution in [0.3, 0.4) is 0 Å². The van der Waals surface area contributed by atoms with E-state index in [0.29, 0.717) is 5.82 Å². The molecule has 0 radical (unpaired) electrons. The Bertz CT molecular complexity index is 396. The summed E-state index contributed by atoms with van der Waals surface area (Å²) < 4.78 is 0.910. The summed E-state index contributed by atoms with van der Waals surface area (Å²) in [4.78, 5) is 15.3. The lowest BCUT2D eigenvalue weighted by Crippen LogP contribution is -2.11. The van der Waals surface area contributed by atoms with Gasteiger partial charge < -0.3 is 5.32 Å². The minimum Gasteiger partial charge on any atom is -0.310 e. The van der Waals surface area contributed by atoms with Gasteiger partial charge in [0.15, 0.2) is 0 Å². The van der Waals surface area contributed by atoms with Crippen molar-refractivity contribution < 1.29 is 4.79 Å². The van der Waals surface area contributed by atoms with E-state index in [1.165, 1.54) is 0 Å². The van der Waals surface area contributed by atoms with Crippen molar-refractivity contribution in [1.82, 2.24) is 4.98 Å². The molecule has 0 aliphatic rings. The van der Waals surface area contributed by atoms with Crippen molar-refractivity contribution in [3.05, 3.63) is 22.3 Å². The number of rotatable bonds is 2. The summed E-state index contributed by atoms with van der Waals surface area (Å²) in [6.45, 7) is 1.85. The molecule has 1 aromatic rings. The number of pyridine rings is 1. The number of nitrogens with one attached hydrogen (secondary N) is 1. The number of carbonyl (C=O) groups is 1. The molecule has 0 aromatic carbocycles. The van der Waals surface area contributed by atoms with E-state index in [1.807, 2.05) is 13.0 Å². The highest BCUT2D eigenvalue weighted by atomic mass is 79.9. The average Bonchev–Trinajstić information content (AvgIpc) is 2.12. The molecule has 0 saturated carbocycles. The molecule has 4 heteroatoms. The predicted molar refractivity (Wildman–Crippen MR) is 58.8 cm³/mol. The fourth-order valence-electron chi connectivity index (χ4n) is 0.893. The van der Waals surface area contributed by atoms with Gasteiger partial charge in [0.25, 0.3) is 0 Å². The molecule has 0 unspecified atom stereocenters. The topological polar surface area (TPSA) is 42.0 Å². The zero-order valence-corrected chi connectivity index (χ0v) is 9.26. The number of aryl methyl sites for hydroxylation is 1. The van der Waals surface area contributed by atoms with Crippen LogP contribution >= 0.6 is 15.9 Å². The van der Waals surface area contributed by atoms with Crippen LogP contribution in [0.2, 0.25) is 0 Å². The molecule has 1 heterocycles. The van der Waals surface area contributed by atoms with Gasteiger partial charge in [-0.3, -0.25) is 4.79 Å². The summed E-state index contributed by atoms with van der Waals surface area (Å²) >= 11 is 3.32. The zero-order valence-electron chi connectivity index (χ0n) is 7.67. The first kappa shape index (κ1) is 10.7. The zero-order chi connectivity index (χ0) is 10.6. The van der Waals surface area contributed by atoms with Gasteiger partial charge in [0.1, 0.15) is 5.82 Å². The third-order valence-corrected chi connectivity index (χ3v) is 2.39. The number of halogens is 1. The van der Waals surface area contributed by atoms with Crippen molar-refractivity contribution in [2.75, 3.05) is 5.32 Å². The fraction of sp³-hybridized carbons (Fsp3) is 0.200. The molecule has 0 aliphatic heterocycles. The average molecular weight is 253 g/mol. The van der Waals surface area contributed by atoms with Gasteiger partial charge >= 0.3 is 0 Å². The number of anilines is 1. The smallest absolute Gasteiger partial charge is 0.237 e. The predicted octanol–water partition coefficient (Wildman–Crippen LogP) is 2.11. The monoisotopic (exact) mass is 252 g/mol. The van der Waals surface area contributed by atoms with E-state index in [0.717, 1.165) is 10.2 Å². The number of hydrogen-bond donors (Lipinski definition) is 1. The van der Waals surface area contributed by atoms with E-state index in [1.54, 1.807) is 6.07 Å². The number of carbonyl (C=O) groups excluding carboxylic acids is 1. The summed E-state index contributed by atoms with van der Waals surface area (Å²) in [5.41, 5.74) is 0.823. The van der Waals surface area contributed by atoms with E-state index in [4.69, 9.17) is 6.42 Å². The Morgan fingerprint density at radius 2 is 2.43 bits per heavy atom. The van der Waals surface area contributed by atoms with E-state index < -0.39 is 0 Å². The maximum atomic E-state index is 11.1. The van der Waals surface area contributed by atoms with Crippen molar-refractivity contribution in [1.29, 1.82) is 0 Å². The molecular formula is C10H9BrN2O. The molecule has 1 N–H and O–H groups in total. The third kappa shape index (κ3) is 2.86. The highest BCUT2D eigenvalue weighted by molar-refractivity contribution is 9.10. The highest BCUT2D eigenvalue weighted by Gasteiger charge is 2.02. The van der Waals surface area contributed by atoms with Gasteiger partial charge in [-0.15, -0.1) is 6.42 Å².